The van der Waals surface area contributed by atoms with Crippen molar-refractivity contribution in [1.29, 1.82) is 0 Å². The summed E-state index contributed by atoms with van der Waals surface area (Å²) in [4.78, 5) is 11.9. The highest BCUT2D eigenvalue weighted by atomic mass is 32.2. The number of β-amino-alcohol motifs (C(OH)–C–C–N with tert-alkyl or cyclic N) is 1. The molecule has 104 valence electrons. The Morgan fingerprint density at radius 1 is 1.44 bits per heavy atom. The number of sulfone groups is 1. The average Bonchev–Trinajstić information content (AvgIpc) is 2.73. The first kappa shape index (κ1) is 13.8. The van der Waals surface area contributed by atoms with Crippen molar-refractivity contribution in [2.45, 2.75) is 36.5 Å². The SMILES string of the molecule is O=C(NCC1(O)CCNC1)C1CCCCS1(=O)=O. The predicted molar refractivity (Wildman–Crippen MR) is 66.9 cm³/mol. The number of carbonyl (C=O) groups excluding carboxylic acids is 1. The molecule has 0 spiro atoms. The van der Waals surface area contributed by atoms with E-state index < -0.39 is 26.6 Å². The van der Waals surface area contributed by atoms with E-state index in [2.05, 4.69) is 10.6 Å². The van der Waals surface area contributed by atoms with Gasteiger partial charge in [-0.15, -0.1) is 0 Å². The Balaban J connectivity index is 1.91. The molecule has 2 fully saturated rings. The first-order valence-electron chi connectivity index (χ1n) is 6.35. The molecule has 0 radical (unpaired) electrons. The minimum absolute atomic E-state index is 0.0942. The van der Waals surface area contributed by atoms with Gasteiger partial charge in [0, 0.05) is 13.1 Å². The second-order valence-electron chi connectivity index (χ2n) is 5.22. The number of rotatable bonds is 3. The molecule has 2 saturated heterocycles. The molecule has 2 rings (SSSR count). The lowest BCUT2D eigenvalue weighted by Gasteiger charge is -2.25. The lowest BCUT2D eigenvalue weighted by atomic mass is 10.0. The largest absolute Gasteiger partial charge is 0.387 e. The van der Waals surface area contributed by atoms with E-state index in [0.717, 1.165) is 6.42 Å². The van der Waals surface area contributed by atoms with Crippen molar-refractivity contribution in [2.75, 3.05) is 25.4 Å². The summed E-state index contributed by atoms with van der Waals surface area (Å²) in [5, 5.41) is 14.7. The maximum Gasteiger partial charge on any atom is 0.238 e. The summed E-state index contributed by atoms with van der Waals surface area (Å²) in [5.74, 6) is -0.369. The predicted octanol–water partition coefficient (Wildman–Crippen LogP) is -1.21. The van der Waals surface area contributed by atoms with E-state index in [1.807, 2.05) is 0 Å². The van der Waals surface area contributed by atoms with Gasteiger partial charge in [0.05, 0.1) is 11.4 Å². The van der Waals surface area contributed by atoms with Gasteiger partial charge in [-0.1, -0.05) is 6.42 Å². The molecule has 0 aromatic rings. The zero-order chi connectivity index (χ0) is 13.2. The molecule has 0 saturated carbocycles. The number of amides is 1. The highest BCUT2D eigenvalue weighted by molar-refractivity contribution is 7.92. The maximum atomic E-state index is 11.9. The highest BCUT2D eigenvalue weighted by Crippen LogP contribution is 2.20. The van der Waals surface area contributed by atoms with Gasteiger partial charge in [0.2, 0.25) is 5.91 Å². The van der Waals surface area contributed by atoms with Crippen molar-refractivity contribution in [3.05, 3.63) is 0 Å². The van der Waals surface area contributed by atoms with Crippen molar-refractivity contribution in [3.63, 3.8) is 0 Å². The first-order valence-corrected chi connectivity index (χ1v) is 8.07. The Bertz CT molecular complexity index is 415. The number of hydrogen-bond donors (Lipinski definition) is 3. The van der Waals surface area contributed by atoms with Gasteiger partial charge >= 0.3 is 0 Å². The van der Waals surface area contributed by atoms with Gasteiger partial charge in [-0.25, -0.2) is 8.42 Å². The molecule has 2 aliphatic rings. The molecule has 2 heterocycles. The Kier molecular flexibility index (Phi) is 3.93. The molecular formula is C11H20N2O4S. The topological polar surface area (TPSA) is 95.5 Å². The minimum Gasteiger partial charge on any atom is -0.387 e. The van der Waals surface area contributed by atoms with Crippen molar-refractivity contribution in [2.24, 2.45) is 0 Å². The molecule has 0 aromatic carbocycles. The number of carbonyl (C=O) groups is 1. The second-order valence-corrected chi connectivity index (χ2v) is 7.52. The van der Waals surface area contributed by atoms with Crippen LogP contribution in [0.1, 0.15) is 25.7 Å². The summed E-state index contributed by atoms with van der Waals surface area (Å²) in [7, 11) is -3.30. The fraction of sp³-hybridized carbons (Fsp3) is 0.909. The van der Waals surface area contributed by atoms with Crippen LogP contribution in [0.3, 0.4) is 0 Å². The van der Waals surface area contributed by atoms with Crippen LogP contribution < -0.4 is 10.6 Å². The number of nitrogens with one attached hydrogen (secondary N) is 2. The van der Waals surface area contributed by atoms with Gasteiger partial charge in [-0.05, 0) is 25.8 Å². The zero-order valence-corrected chi connectivity index (χ0v) is 11.1. The molecular weight excluding hydrogens is 256 g/mol. The fourth-order valence-corrected chi connectivity index (χ4v) is 4.32. The van der Waals surface area contributed by atoms with E-state index in [9.17, 15) is 18.3 Å². The van der Waals surface area contributed by atoms with Crippen molar-refractivity contribution in [3.8, 4) is 0 Å². The monoisotopic (exact) mass is 276 g/mol. The molecule has 2 atom stereocenters. The highest BCUT2D eigenvalue weighted by Gasteiger charge is 2.37. The van der Waals surface area contributed by atoms with Crippen LogP contribution in [-0.2, 0) is 14.6 Å². The molecule has 0 aliphatic carbocycles. The number of aliphatic hydroxyl groups is 1. The Labute approximate surface area is 107 Å². The summed E-state index contributed by atoms with van der Waals surface area (Å²) >= 11 is 0. The van der Waals surface area contributed by atoms with E-state index >= 15 is 0 Å². The van der Waals surface area contributed by atoms with Crippen LogP contribution in [-0.4, -0.2) is 55.7 Å². The molecule has 1 amide bonds. The van der Waals surface area contributed by atoms with Crippen LogP contribution in [0.15, 0.2) is 0 Å². The summed E-state index contributed by atoms with van der Waals surface area (Å²) < 4.78 is 23.5. The molecule has 3 N–H and O–H groups in total. The average molecular weight is 276 g/mol. The van der Waals surface area contributed by atoms with Gasteiger partial charge in [0.25, 0.3) is 0 Å². The molecule has 0 bridgehead atoms. The molecule has 2 unspecified atom stereocenters. The lowest BCUT2D eigenvalue weighted by molar-refractivity contribution is -0.122. The van der Waals surface area contributed by atoms with Crippen molar-refractivity contribution in [1.82, 2.24) is 10.6 Å². The minimum atomic E-state index is -3.30. The molecule has 0 aromatic heterocycles. The number of hydrogen-bond acceptors (Lipinski definition) is 5. The standard InChI is InChI=1S/C11H20N2O4S/c14-10(9-3-1-2-6-18(9,16)17)13-8-11(15)4-5-12-7-11/h9,12,15H,1-8H2,(H,13,14). The van der Waals surface area contributed by atoms with Gasteiger partial charge in [-0.2, -0.15) is 0 Å². The Morgan fingerprint density at radius 3 is 2.83 bits per heavy atom. The molecule has 2 aliphatic heterocycles. The third kappa shape index (κ3) is 3.02. The summed E-state index contributed by atoms with van der Waals surface area (Å²) in [5.41, 5.74) is -0.936. The molecule has 7 heteroatoms. The van der Waals surface area contributed by atoms with Crippen LogP contribution in [0.4, 0.5) is 0 Å². The van der Waals surface area contributed by atoms with Gasteiger partial charge in [0.15, 0.2) is 9.84 Å². The Morgan fingerprint density at radius 2 is 2.22 bits per heavy atom. The van der Waals surface area contributed by atoms with E-state index in [0.29, 0.717) is 32.4 Å². The van der Waals surface area contributed by atoms with E-state index in [-0.39, 0.29) is 12.3 Å². The van der Waals surface area contributed by atoms with Gasteiger partial charge < -0.3 is 15.7 Å². The van der Waals surface area contributed by atoms with Gasteiger partial charge in [-0.3, -0.25) is 4.79 Å². The second kappa shape index (κ2) is 5.14. The molecule has 6 nitrogen and oxygen atoms in total. The van der Waals surface area contributed by atoms with Crippen LogP contribution >= 0.6 is 0 Å². The summed E-state index contributed by atoms with van der Waals surface area (Å²) in [6, 6.07) is 0. The first-order chi connectivity index (χ1) is 8.43. The maximum absolute atomic E-state index is 11.9. The summed E-state index contributed by atoms with van der Waals surface area (Å²) in [6.45, 7) is 1.27. The van der Waals surface area contributed by atoms with Crippen LogP contribution in [0.5, 0.6) is 0 Å². The molecule has 18 heavy (non-hydrogen) atoms. The van der Waals surface area contributed by atoms with E-state index in [1.165, 1.54) is 0 Å². The third-order valence-corrected chi connectivity index (χ3v) is 5.86. The quantitative estimate of drug-likeness (QED) is 0.601. The van der Waals surface area contributed by atoms with Crippen molar-refractivity contribution < 1.29 is 18.3 Å². The van der Waals surface area contributed by atoms with Crippen LogP contribution in [0.2, 0.25) is 0 Å². The normalized spacial score (nSPS) is 35.3. The lowest BCUT2D eigenvalue weighted by Crippen LogP contribution is -2.49. The van der Waals surface area contributed by atoms with Crippen LogP contribution in [0.25, 0.3) is 0 Å². The smallest absolute Gasteiger partial charge is 0.238 e. The fourth-order valence-electron chi connectivity index (χ4n) is 2.50. The van der Waals surface area contributed by atoms with Gasteiger partial charge in [0.1, 0.15) is 5.25 Å². The summed E-state index contributed by atoms with van der Waals surface area (Å²) in [6.07, 6.45) is 2.37. The zero-order valence-electron chi connectivity index (χ0n) is 10.3. The van der Waals surface area contributed by atoms with E-state index in [4.69, 9.17) is 0 Å². The third-order valence-electron chi connectivity index (χ3n) is 3.68. The van der Waals surface area contributed by atoms with E-state index in [1.54, 1.807) is 0 Å². The van der Waals surface area contributed by atoms with Crippen LogP contribution in [0, 0.1) is 0 Å². The Hall–Kier alpha value is -0.660. The van der Waals surface area contributed by atoms with Crippen molar-refractivity contribution >= 4 is 15.7 Å².